The Morgan fingerprint density at radius 3 is 2.39 bits per heavy atom. The molecule has 0 bridgehead atoms. The van der Waals surface area contributed by atoms with Crippen LogP contribution < -0.4 is 4.74 Å². The maximum absolute atomic E-state index is 12.6. The lowest BCUT2D eigenvalue weighted by Gasteiger charge is -2.25. The minimum absolute atomic E-state index is 0.100. The van der Waals surface area contributed by atoms with Gasteiger partial charge in [-0.25, -0.2) is 9.59 Å². The maximum atomic E-state index is 12.6. The SMILES string of the molecule is CC(C)(C)OC(=O)N1COC(=O)[C@H]1CCC(=O)c1ccc(OCc2ccccc2)cc1. The first-order valence-electron chi connectivity index (χ1n) is 10.2. The van der Waals surface area contributed by atoms with Gasteiger partial charge in [-0.3, -0.25) is 9.69 Å². The third-order valence-corrected chi connectivity index (χ3v) is 4.69. The van der Waals surface area contributed by atoms with E-state index in [-0.39, 0.29) is 25.4 Å². The summed E-state index contributed by atoms with van der Waals surface area (Å²) in [7, 11) is 0. The van der Waals surface area contributed by atoms with Gasteiger partial charge >= 0.3 is 12.1 Å². The molecular formula is C24H27NO6. The van der Waals surface area contributed by atoms with Crippen LogP contribution in [0, 0.1) is 0 Å². The Morgan fingerprint density at radius 2 is 1.74 bits per heavy atom. The van der Waals surface area contributed by atoms with Crippen molar-refractivity contribution < 1.29 is 28.6 Å². The number of amides is 1. The van der Waals surface area contributed by atoms with Crippen molar-refractivity contribution in [3.63, 3.8) is 0 Å². The van der Waals surface area contributed by atoms with Crippen LogP contribution in [0.2, 0.25) is 0 Å². The normalized spacial score (nSPS) is 16.0. The van der Waals surface area contributed by atoms with E-state index in [1.165, 1.54) is 4.90 Å². The minimum Gasteiger partial charge on any atom is -0.489 e. The van der Waals surface area contributed by atoms with Crippen LogP contribution in [0.25, 0.3) is 0 Å². The molecule has 7 nitrogen and oxygen atoms in total. The van der Waals surface area contributed by atoms with Crippen molar-refractivity contribution in [3.05, 3.63) is 65.7 Å². The molecule has 1 aliphatic rings. The van der Waals surface area contributed by atoms with Gasteiger partial charge in [-0.1, -0.05) is 30.3 Å². The number of benzene rings is 2. The summed E-state index contributed by atoms with van der Waals surface area (Å²) in [6.07, 6.45) is -0.359. The second-order valence-electron chi connectivity index (χ2n) is 8.32. The molecule has 0 aromatic heterocycles. The van der Waals surface area contributed by atoms with Gasteiger partial charge in [0.1, 0.15) is 24.0 Å². The van der Waals surface area contributed by atoms with Crippen molar-refractivity contribution in [2.24, 2.45) is 0 Å². The van der Waals surface area contributed by atoms with E-state index < -0.39 is 23.7 Å². The summed E-state index contributed by atoms with van der Waals surface area (Å²) in [6, 6.07) is 15.9. The zero-order valence-electron chi connectivity index (χ0n) is 18.0. The summed E-state index contributed by atoms with van der Waals surface area (Å²) in [6.45, 7) is 5.51. The molecule has 1 atom stereocenters. The van der Waals surface area contributed by atoms with Crippen LogP contribution in [0.3, 0.4) is 0 Å². The van der Waals surface area contributed by atoms with Crippen molar-refractivity contribution in [2.75, 3.05) is 6.73 Å². The molecule has 0 N–H and O–H groups in total. The lowest BCUT2D eigenvalue weighted by atomic mass is 10.0. The first-order chi connectivity index (χ1) is 14.7. The third kappa shape index (κ3) is 6.31. The Kier molecular flexibility index (Phi) is 6.95. The predicted octanol–water partition coefficient (Wildman–Crippen LogP) is 4.35. The lowest BCUT2D eigenvalue weighted by Crippen LogP contribution is -2.41. The van der Waals surface area contributed by atoms with Gasteiger partial charge in [0.15, 0.2) is 12.5 Å². The molecule has 1 amide bonds. The second-order valence-corrected chi connectivity index (χ2v) is 8.32. The zero-order chi connectivity index (χ0) is 22.4. The molecular weight excluding hydrogens is 398 g/mol. The van der Waals surface area contributed by atoms with E-state index in [1.807, 2.05) is 30.3 Å². The van der Waals surface area contributed by atoms with Crippen molar-refractivity contribution >= 4 is 17.8 Å². The highest BCUT2D eigenvalue weighted by atomic mass is 16.6. The molecule has 0 aliphatic carbocycles. The van der Waals surface area contributed by atoms with Gasteiger partial charge in [-0.2, -0.15) is 0 Å². The number of esters is 1. The summed E-state index contributed by atoms with van der Waals surface area (Å²) < 4.78 is 16.0. The van der Waals surface area contributed by atoms with E-state index in [2.05, 4.69) is 0 Å². The lowest BCUT2D eigenvalue weighted by molar-refractivity contribution is -0.139. The predicted molar refractivity (Wildman–Crippen MR) is 114 cm³/mol. The van der Waals surface area contributed by atoms with Crippen LogP contribution in [0.5, 0.6) is 5.75 Å². The van der Waals surface area contributed by atoms with E-state index >= 15 is 0 Å². The topological polar surface area (TPSA) is 82.1 Å². The van der Waals surface area contributed by atoms with Crippen molar-refractivity contribution in [1.82, 2.24) is 4.90 Å². The molecule has 1 fully saturated rings. The Morgan fingerprint density at radius 1 is 1.06 bits per heavy atom. The van der Waals surface area contributed by atoms with Crippen LogP contribution in [0.1, 0.15) is 49.5 Å². The first-order valence-corrected chi connectivity index (χ1v) is 10.2. The summed E-state index contributed by atoms with van der Waals surface area (Å²) >= 11 is 0. The van der Waals surface area contributed by atoms with Gasteiger partial charge in [-0.05, 0) is 57.0 Å². The number of rotatable bonds is 7. The van der Waals surface area contributed by atoms with E-state index in [9.17, 15) is 14.4 Å². The molecule has 0 radical (unpaired) electrons. The number of ether oxygens (including phenoxy) is 3. The average Bonchev–Trinajstić information content (AvgIpc) is 3.11. The van der Waals surface area contributed by atoms with Crippen LogP contribution in [0.4, 0.5) is 4.79 Å². The molecule has 0 spiro atoms. The fourth-order valence-corrected chi connectivity index (χ4v) is 3.11. The molecule has 7 heteroatoms. The highest BCUT2D eigenvalue weighted by Crippen LogP contribution is 2.22. The van der Waals surface area contributed by atoms with Gasteiger partial charge in [0.05, 0.1) is 0 Å². The fraction of sp³-hybridized carbons (Fsp3) is 0.375. The molecule has 2 aromatic carbocycles. The van der Waals surface area contributed by atoms with E-state index in [1.54, 1.807) is 45.0 Å². The number of carbonyl (C=O) groups is 3. The third-order valence-electron chi connectivity index (χ3n) is 4.69. The summed E-state index contributed by atoms with van der Waals surface area (Å²) in [5.41, 5.74) is 0.885. The van der Waals surface area contributed by atoms with Gasteiger partial charge < -0.3 is 14.2 Å². The molecule has 1 aliphatic heterocycles. The average molecular weight is 425 g/mol. The highest BCUT2D eigenvalue weighted by Gasteiger charge is 2.39. The number of ketones is 1. The standard InChI is InChI=1S/C24H27NO6/c1-24(2,3)31-23(28)25-16-30-22(27)20(25)13-14-21(26)18-9-11-19(12-10-18)29-15-17-7-5-4-6-8-17/h4-12,20H,13-16H2,1-3H3/t20-/m1/s1. The largest absolute Gasteiger partial charge is 0.489 e. The quantitative estimate of drug-likeness (QED) is 0.485. The highest BCUT2D eigenvalue weighted by molar-refractivity contribution is 5.96. The van der Waals surface area contributed by atoms with Gasteiger partial charge in [0.25, 0.3) is 0 Å². The van der Waals surface area contributed by atoms with Gasteiger partial charge in [-0.15, -0.1) is 0 Å². The number of cyclic esters (lactones) is 1. The monoisotopic (exact) mass is 425 g/mol. The van der Waals surface area contributed by atoms with Crippen LogP contribution in [-0.2, 0) is 20.9 Å². The molecule has 3 rings (SSSR count). The maximum Gasteiger partial charge on any atom is 0.413 e. The summed E-state index contributed by atoms with van der Waals surface area (Å²) in [4.78, 5) is 38.1. The van der Waals surface area contributed by atoms with Crippen molar-refractivity contribution in [2.45, 2.75) is 51.9 Å². The van der Waals surface area contributed by atoms with Crippen LogP contribution >= 0.6 is 0 Å². The van der Waals surface area contributed by atoms with Crippen LogP contribution in [0.15, 0.2) is 54.6 Å². The summed E-state index contributed by atoms with van der Waals surface area (Å²) in [5, 5.41) is 0. The van der Waals surface area contributed by atoms with Crippen molar-refractivity contribution in [3.8, 4) is 5.75 Å². The molecule has 0 saturated carbocycles. The summed E-state index contributed by atoms with van der Waals surface area (Å²) in [5.74, 6) is 0.0117. The molecule has 1 heterocycles. The van der Waals surface area contributed by atoms with Gasteiger partial charge in [0.2, 0.25) is 0 Å². The molecule has 1 saturated heterocycles. The number of Topliss-reactive ketones (excluding diaryl/α,β-unsaturated/α-hetero) is 1. The Labute approximate surface area is 181 Å². The zero-order valence-corrected chi connectivity index (χ0v) is 18.0. The van der Waals surface area contributed by atoms with E-state index in [4.69, 9.17) is 14.2 Å². The number of carbonyl (C=O) groups excluding carboxylic acids is 3. The fourth-order valence-electron chi connectivity index (χ4n) is 3.11. The molecule has 2 aromatic rings. The van der Waals surface area contributed by atoms with Crippen molar-refractivity contribution in [1.29, 1.82) is 0 Å². The molecule has 31 heavy (non-hydrogen) atoms. The smallest absolute Gasteiger partial charge is 0.413 e. The number of hydrogen-bond donors (Lipinski definition) is 0. The molecule has 164 valence electrons. The van der Waals surface area contributed by atoms with Gasteiger partial charge in [0, 0.05) is 12.0 Å². The van der Waals surface area contributed by atoms with E-state index in [0.717, 1.165) is 5.56 Å². The first kappa shape index (κ1) is 22.3. The Bertz CT molecular complexity index is 917. The van der Waals surface area contributed by atoms with Crippen LogP contribution in [-0.4, -0.2) is 41.1 Å². The Balaban J connectivity index is 1.53. The number of hydrogen-bond acceptors (Lipinski definition) is 6. The Hall–Kier alpha value is -3.35. The minimum atomic E-state index is -0.827. The second kappa shape index (κ2) is 9.64. The number of nitrogens with zero attached hydrogens (tertiary/aromatic N) is 1. The van der Waals surface area contributed by atoms with E-state index in [0.29, 0.717) is 17.9 Å². The molecule has 0 unspecified atom stereocenters.